The van der Waals surface area contributed by atoms with Gasteiger partial charge in [-0.1, -0.05) is 0 Å². The molecule has 0 heterocycles. The van der Waals surface area contributed by atoms with Crippen LogP contribution in [0.25, 0.3) is 0 Å². The van der Waals surface area contributed by atoms with Gasteiger partial charge in [0.2, 0.25) is 5.91 Å². The van der Waals surface area contributed by atoms with Crippen LogP contribution in [0.4, 0.5) is 4.79 Å². The lowest BCUT2D eigenvalue weighted by molar-refractivity contribution is -0.118. The van der Waals surface area contributed by atoms with E-state index in [0.717, 1.165) is 6.42 Å². The van der Waals surface area contributed by atoms with Gasteiger partial charge in [-0.3, -0.25) is 4.79 Å². The van der Waals surface area contributed by atoms with Gasteiger partial charge in [-0.05, 0) is 41.0 Å². The Balaban J connectivity index is 3.44. The second kappa shape index (κ2) is 11.6. The summed E-state index contributed by atoms with van der Waals surface area (Å²) < 4.78 is 10.5. The molecule has 0 spiro atoms. The topological polar surface area (TPSA) is 76.7 Å². The normalized spacial score (nSPS) is 11.4. The Morgan fingerprint density at radius 1 is 1.14 bits per heavy atom. The monoisotopic (exact) mass is 334 g/mol. The molecule has 130 valence electrons. The van der Waals surface area contributed by atoms with Crippen LogP contribution in [-0.2, 0) is 14.3 Å². The van der Waals surface area contributed by atoms with Crippen molar-refractivity contribution in [3.8, 4) is 0 Å². The SMILES string of the molecule is CC(C)OCCCNC(=O)CSCCNC(=O)OC(C)(C)C. The van der Waals surface area contributed by atoms with Crippen LogP contribution in [0.2, 0.25) is 0 Å². The molecule has 2 N–H and O–H groups in total. The van der Waals surface area contributed by atoms with Gasteiger partial charge in [0.25, 0.3) is 0 Å². The average molecular weight is 334 g/mol. The van der Waals surface area contributed by atoms with Gasteiger partial charge in [0, 0.05) is 25.4 Å². The number of nitrogens with one attached hydrogen (secondary N) is 2. The van der Waals surface area contributed by atoms with E-state index in [1.54, 1.807) is 0 Å². The number of hydrogen-bond donors (Lipinski definition) is 2. The summed E-state index contributed by atoms with van der Waals surface area (Å²) in [5.41, 5.74) is -0.490. The first-order valence-corrected chi connectivity index (χ1v) is 8.79. The quantitative estimate of drug-likeness (QED) is 0.599. The van der Waals surface area contributed by atoms with Crippen LogP contribution >= 0.6 is 11.8 Å². The molecule has 6 nitrogen and oxygen atoms in total. The van der Waals surface area contributed by atoms with E-state index in [1.807, 2.05) is 34.6 Å². The molecule has 0 aromatic heterocycles. The number of carbonyl (C=O) groups excluding carboxylic acids is 2. The van der Waals surface area contributed by atoms with Gasteiger partial charge in [-0.2, -0.15) is 11.8 Å². The molecule has 0 aliphatic rings. The molecule has 0 bridgehead atoms. The van der Waals surface area contributed by atoms with E-state index >= 15 is 0 Å². The molecule has 0 radical (unpaired) electrons. The van der Waals surface area contributed by atoms with Gasteiger partial charge < -0.3 is 20.1 Å². The molecule has 0 unspecified atom stereocenters. The molecule has 0 atom stereocenters. The minimum Gasteiger partial charge on any atom is -0.444 e. The van der Waals surface area contributed by atoms with Crippen LogP contribution in [0.1, 0.15) is 41.0 Å². The smallest absolute Gasteiger partial charge is 0.407 e. The fourth-order valence-electron chi connectivity index (χ4n) is 1.37. The van der Waals surface area contributed by atoms with Crippen molar-refractivity contribution in [2.45, 2.75) is 52.7 Å². The highest BCUT2D eigenvalue weighted by Gasteiger charge is 2.15. The van der Waals surface area contributed by atoms with Gasteiger partial charge >= 0.3 is 6.09 Å². The van der Waals surface area contributed by atoms with Crippen molar-refractivity contribution in [3.63, 3.8) is 0 Å². The highest BCUT2D eigenvalue weighted by atomic mass is 32.2. The zero-order chi connectivity index (χ0) is 17.0. The molecule has 22 heavy (non-hydrogen) atoms. The fraction of sp³-hybridized carbons (Fsp3) is 0.867. The predicted octanol–water partition coefficient (Wildman–Crippen LogP) is 2.18. The molecular formula is C15H30N2O4S. The number of hydrogen-bond acceptors (Lipinski definition) is 5. The third kappa shape index (κ3) is 15.4. The molecule has 7 heteroatoms. The summed E-state index contributed by atoms with van der Waals surface area (Å²) in [6.45, 7) is 11.2. The Hall–Kier alpha value is -0.950. The lowest BCUT2D eigenvalue weighted by atomic mass is 10.2. The Morgan fingerprint density at radius 3 is 2.41 bits per heavy atom. The molecule has 2 amide bonds. The number of ether oxygens (including phenoxy) is 2. The summed E-state index contributed by atoms with van der Waals surface area (Å²) in [7, 11) is 0. The first kappa shape index (κ1) is 21.0. The van der Waals surface area contributed by atoms with E-state index in [9.17, 15) is 9.59 Å². The maximum absolute atomic E-state index is 11.5. The lowest BCUT2D eigenvalue weighted by Gasteiger charge is -2.19. The summed E-state index contributed by atoms with van der Waals surface area (Å²) in [6.07, 6.45) is 0.612. The van der Waals surface area contributed by atoms with E-state index in [2.05, 4.69) is 10.6 Å². The first-order chi connectivity index (χ1) is 10.2. The van der Waals surface area contributed by atoms with Crippen molar-refractivity contribution in [1.29, 1.82) is 0 Å². The third-order valence-electron chi connectivity index (χ3n) is 2.24. The van der Waals surface area contributed by atoms with Crippen LogP contribution in [0.5, 0.6) is 0 Å². The van der Waals surface area contributed by atoms with Crippen molar-refractivity contribution in [2.24, 2.45) is 0 Å². The molecule has 0 saturated heterocycles. The molecule has 0 aliphatic heterocycles. The van der Waals surface area contributed by atoms with Crippen LogP contribution in [0, 0.1) is 0 Å². The van der Waals surface area contributed by atoms with Crippen molar-refractivity contribution in [3.05, 3.63) is 0 Å². The predicted molar refractivity (Wildman–Crippen MR) is 90.3 cm³/mol. The second-order valence-corrected chi connectivity index (χ2v) is 7.21. The van der Waals surface area contributed by atoms with Crippen molar-refractivity contribution in [1.82, 2.24) is 10.6 Å². The maximum atomic E-state index is 11.5. The van der Waals surface area contributed by atoms with E-state index in [4.69, 9.17) is 9.47 Å². The van der Waals surface area contributed by atoms with Gasteiger partial charge in [-0.15, -0.1) is 0 Å². The summed E-state index contributed by atoms with van der Waals surface area (Å²) in [6, 6.07) is 0. The largest absolute Gasteiger partial charge is 0.444 e. The molecule has 0 aliphatic carbocycles. The van der Waals surface area contributed by atoms with Gasteiger partial charge in [0.05, 0.1) is 11.9 Å². The van der Waals surface area contributed by atoms with Gasteiger partial charge in [0.1, 0.15) is 5.60 Å². The van der Waals surface area contributed by atoms with E-state index in [1.165, 1.54) is 11.8 Å². The molecule has 0 fully saturated rings. The zero-order valence-corrected chi connectivity index (χ0v) is 15.2. The maximum Gasteiger partial charge on any atom is 0.407 e. The minimum absolute atomic E-state index is 0.00631. The zero-order valence-electron chi connectivity index (χ0n) is 14.4. The highest BCUT2D eigenvalue weighted by molar-refractivity contribution is 7.99. The lowest BCUT2D eigenvalue weighted by Crippen LogP contribution is -2.34. The summed E-state index contributed by atoms with van der Waals surface area (Å²) >= 11 is 1.48. The molecule has 0 rings (SSSR count). The first-order valence-electron chi connectivity index (χ1n) is 7.63. The molecule has 0 saturated carbocycles. The van der Waals surface area contributed by atoms with Crippen LogP contribution < -0.4 is 10.6 Å². The van der Waals surface area contributed by atoms with E-state index in [-0.39, 0.29) is 12.0 Å². The van der Waals surface area contributed by atoms with Gasteiger partial charge in [-0.25, -0.2) is 4.79 Å². The van der Waals surface area contributed by atoms with E-state index < -0.39 is 11.7 Å². The minimum atomic E-state index is -0.490. The fourth-order valence-corrected chi connectivity index (χ4v) is 2.05. The number of carbonyl (C=O) groups is 2. The Bertz CT molecular complexity index is 330. The summed E-state index contributed by atoms with van der Waals surface area (Å²) in [5.74, 6) is 1.07. The van der Waals surface area contributed by atoms with Gasteiger partial charge in [0.15, 0.2) is 0 Å². The Morgan fingerprint density at radius 2 is 1.82 bits per heavy atom. The number of rotatable bonds is 10. The third-order valence-corrected chi connectivity index (χ3v) is 3.20. The van der Waals surface area contributed by atoms with E-state index in [0.29, 0.717) is 31.2 Å². The van der Waals surface area contributed by atoms with Crippen LogP contribution in [0.3, 0.4) is 0 Å². The van der Waals surface area contributed by atoms with Crippen LogP contribution in [0.15, 0.2) is 0 Å². The standard InChI is InChI=1S/C15H30N2O4S/c1-12(2)20-9-6-7-16-13(18)11-22-10-8-17-14(19)21-15(3,4)5/h12H,6-11H2,1-5H3,(H,16,18)(H,17,19). The van der Waals surface area contributed by atoms with Crippen molar-refractivity contribution >= 4 is 23.8 Å². The summed E-state index contributed by atoms with van der Waals surface area (Å²) in [5, 5.41) is 5.49. The molecule has 0 aromatic rings. The average Bonchev–Trinajstić information content (AvgIpc) is 2.35. The number of alkyl carbamates (subject to hydrolysis) is 1. The Kier molecular flexibility index (Phi) is 11.1. The van der Waals surface area contributed by atoms with Crippen molar-refractivity contribution < 1.29 is 19.1 Å². The summed E-state index contributed by atoms with van der Waals surface area (Å²) in [4.78, 5) is 22.9. The number of amides is 2. The van der Waals surface area contributed by atoms with Crippen LogP contribution in [-0.4, -0.2) is 54.9 Å². The highest BCUT2D eigenvalue weighted by Crippen LogP contribution is 2.06. The van der Waals surface area contributed by atoms with Crippen molar-refractivity contribution in [2.75, 3.05) is 31.2 Å². The molecular weight excluding hydrogens is 304 g/mol. The number of thioether (sulfide) groups is 1. The molecule has 0 aromatic carbocycles. The second-order valence-electron chi connectivity index (χ2n) is 6.10. The Labute approximate surface area is 138 Å².